The van der Waals surface area contributed by atoms with Gasteiger partial charge in [0.05, 0.1) is 37.4 Å². The van der Waals surface area contributed by atoms with Crippen LogP contribution >= 0.6 is 0 Å². The molecule has 0 fully saturated rings. The molecule has 1 N–H and O–H groups in total. The van der Waals surface area contributed by atoms with Gasteiger partial charge in [-0.25, -0.2) is 0 Å². The fourth-order valence-electron chi connectivity index (χ4n) is 7.45. The van der Waals surface area contributed by atoms with Crippen LogP contribution in [0.4, 0.5) is 0 Å². The van der Waals surface area contributed by atoms with E-state index in [4.69, 9.17) is 27.5 Å². The Kier molecular flexibility index (Phi) is 19.8. The molecule has 0 saturated carbocycles. The van der Waals surface area contributed by atoms with Crippen LogP contribution in [0.3, 0.4) is 0 Å². The fraction of sp³-hybridized carbons (Fsp3) is 0.688. The maximum atomic E-state index is 13.5. The lowest BCUT2D eigenvalue weighted by Gasteiger charge is -2.48. The Labute approximate surface area is 363 Å². The summed E-state index contributed by atoms with van der Waals surface area (Å²) in [6.45, 7) is 37.8. The number of benzene rings is 2. The van der Waals surface area contributed by atoms with Crippen LogP contribution < -0.4 is 10.4 Å². The van der Waals surface area contributed by atoms with E-state index in [-0.39, 0.29) is 64.4 Å². The normalized spacial score (nSPS) is 17.8. The second kappa shape index (κ2) is 21.9. The average molecular weight is 873 g/mol. The van der Waals surface area contributed by atoms with Gasteiger partial charge in [0.1, 0.15) is 6.79 Å². The Morgan fingerprint density at radius 3 is 1.56 bits per heavy atom. The quantitative estimate of drug-likeness (QED) is 0.0541. The van der Waals surface area contributed by atoms with Crippen LogP contribution in [0.15, 0.2) is 72.8 Å². The Bertz CT molecular complexity index is 1520. The van der Waals surface area contributed by atoms with Crippen molar-refractivity contribution in [1.29, 1.82) is 0 Å². The topological polar surface area (TPSA) is 92.7 Å². The molecule has 59 heavy (non-hydrogen) atoms. The van der Waals surface area contributed by atoms with Crippen molar-refractivity contribution >= 4 is 41.3 Å². The molecule has 11 heteroatoms. The standard InChI is InChI=1S/C48H84O8Si3/c1-35(43(36(2)33-49)53-34-51-14)30-31-39(54-59(48(11,12)13,40-26-22-20-23-27-40)41-28-24-21-25-29-41)32-42(55-57(16,17)46(5,6)7)37(3)44(38(4)45(50)52-15)56-58(18,19)47(8,9)10/h20-31,35-39,42-44,49H,32-34H2,1-19H3/b31-30-/t35-,36-,37-,38+,39+,42-,43-,44-/m0/s1. The van der Waals surface area contributed by atoms with Gasteiger partial charge in [0.2, 0.25) is 0 Å². The highest BCUT2D eigenvalue weighted by atomic mass is 28.4. The maximum absolute atomic E-state index is 13.5. The lowest BCUT2D eigenvalue weighted by Crippen LogP contribution is -2.67. The summed E-state index contributed by atoms with van der Waals surface area (Å²) in [7, 11) is -4.82. The third kappa shape index (κ3) is 13.8. The molecule has 0 unspecified atom stereocenters. The van der Waals surface area contributed by atoms with Crippen LogP contribution in [-0.4, -0.2) is 88.1 Å². The molecule has 8 atom stereocenters. The van der Waals surface area contributed by atoms with Crippen LogP contribution in [0, 0.1) is 23.7 Å². The van der Waals surface area contributed by atoms with E-state index in [1.807, 2.05) is 13.8 Å². The molecule has 336 valence electrons. The number of carbonyl (C=O) groups is 1. The molecule has 0 radical (unpaired) electrons. The van der Waals surface area contributed by atoms with Gasteiger partial charge in [0.25, 0.3) is 8.32 Å². The molecule has 2 aromatic carbocycles. The molecule has 0 aliphatic carbocycles. The molecule has 0 bridgehead atoms. The number of hydrogen-bond acceptors (Lipinski definition) is 8. The van der Waals surface area contributed by atoms with E-state index in [9.17, 15) is 9.90 Å². The zero-order valence-corrected chi connectivity index (χ0v) is 43.5. The van der Waals surface area contributed by atoms with Crippen LogP contribution in [0.5, 0.6) is 0 Å². The first-order chi connectivity index (χ1) is 27.1. The van der Waals surface area contributed by atoms with Crippen LogP contribution in [0.2, 0.25) is 41.3 Å². The molecular weight excluding hydrogens is 789 g/mol. The minimum absolute atomic E-state index is 0.0114. The molecular formula is C48H84O8Si3. The first-order valence-corrected chi connectivity index (χ1v) is 29.5. The summed E-state index contributed by atoms with van der Waals surface area (Å²) in [4.78, 5) is 13.5. The summed E-state index contributed by atoms with van der Waals surface area (Å²) in [5.41, 5.74) is 0. The van der Waals surface area contributed by atoms with Crippen molar-refractivity contribution in [3.05, 3.63) is 72.8 Å². The van der Waals surface area contributed by atoms with Gasteiger partial charge in [-0.1, -0.05) is 156 Å². The minimum atomic E-state index is -3.08. The first-order valence-electron chi connectivity index (χ1n) is 21.7. The molecule has 0 aromatic heterocycles. The van der Waals surface area contributed by atoms with Gasteiger partial charge in [-0.05, 0) is 58.6 Å². The maximum Gasteiger partial charge on any atom is 0.310 e. The van der Waals surface area contributed by atoms with Crippen molar-refractivity contribution < 1.29 is 37.4 Å². The largest absolute Gasteiger partial charge is 0.469 e. The van der Waals surface area contributed by atoms with Gasteiger partial charge in [-0.3, -0.25) is 4.79 Å². The second-order valence-electron chi connectivity index (χ2n) is 20.9. The number of aliphatic hydroxyl groups is 1. The Morgan fingerprint density at radius 1 is 0.678 bits per heavy atom. The molecule has 2 rings (SSSR count). The fourth-order valence-corrected chi connectivity index (χ4v) is 15.0. The van der Waals surface area contributed by atoms with E-state index in [1.165, 1.54) is 17.5 Å². The number of carbonyl (C=O) groups excluding carboxylic acids is 1. The van der Waals surface area contributed by atoms with Gasteiger partial charge >= 0.3 is 5.97 Å². The lowest BCUT2D eigenvalue weighted by molar-refractivity contribution is -0.150. The SMILES string of the molecule is COCO[C@@H]([C@@H](C)/C=C\[C@H](C[C@H](O[Si](C)(C)C(C)(C)C)[C@H](C)[C@H](O[Si](C)(C)C(C)(C)C)[C@@H](C)C(=O)OC)O[Si](c1ccccc1)(c1ccccc1)C(C)(C)C)[C@@H](C)CO. The summed E-state index contributed by atoms with van der Waals surface area (Å²) < 4.78 is 39.7. The number of hydrogen-bond donors (Lipinski definition) is 1. The van der Waals surface area contributed by atoms with Crippen molar-refractivity contribution in [2.75, 3.05) is 27.6 Å². The predicted molar refractivity (Wildman–Crippen MR) is 253 cm³/mol. The monoisotopic (exact) mass is 873 g/mol. The second-order valence-corrected chi connectivity index (χ2v) is 34.7. The highest BCUT2D eigenvalue weighted by molar-refractivity contribution is 6.99. The minimum Gasteiger partial charge on any atom is -0.469 e. The average Bonchev–Trinajstić information content (AvgIpc) is 3.15. The number of esters is 1. The third-order valence-corrected chi connectivity index (χ3v) is 27.3. The number of methoxy groups -OCH3 is 2. The highest BCUT2D eigenvalue weighted by Gasteiger charge is 2.53. The van der Waals surface area contributed by atoms with E-state index in [2.05, 4.69) is 175 Å². The van der Waals surface area contributed by atoms with Crippen LogP contribution in [-0.2, 0) is 32.3 Å². The van der Waals surface area contributed by atoms with E-state index >= 15 is 0 Å². The van der Waals surface area contributed by atoms with Crippen LogP contribution in [0.25, 0.3) is 0 Å². The Hall–Kier alpha value is -1.94. The summed E-state index contributed by atoms with van der Waals surface area (Å²) in [5, 5.41) is 12.2. The van der Waals surface area contributed by atoms with Gasteiger partial charge in [0.15, 0.2) is 16.6 Å². The molecule has 0 heterocycles. The van der Waals surface area contributed by atoms with Gasteiger partial charge < -0.3 is 32.6 Å². The summed E-state index contributed by atoms with van der Waals surface area (Å²) in [6, 6.07) is 21.4. The summed E-state index contributed by atoms with van der Waals surface area (Å²) >= 11 is 0. The zero-order valence-electron chi connectivity index (χ0n) is 40.5. The van der Waals surface area contributed by atoms with E-state index in [0.29, 0.717) is 6.42 Å². The molecule has 8 nitrogen and oxygen atoms in total. The molecule has 0 spiro atoms. The Morgan fingerprint density at radius 2 is 1.15 bits per heavy atom. The van der Waals surface area contributed by atoms with Crippen molar-refractivity contribution in [2.24, 2.45) is 23.7 Å². The molecule has 2 aromatic rings. The van der Waals surface area contributed by atoms with Gasteiger partial charge in [0, 0.05) is 37.9 Å². The summed E-state index contributed by atoms with van der Waals surface area (Å²) in [5.74, 6) is -1.23. The molecule has 0 amide bonds. The predicted octanol–water partition coefficient (Wildman–Crippen LogP) is 10.4. The smallest absolute Gasteiger partial charge is 0.310 e. The molecule has 0 aliphatic heterocycles. The number of aliphatic hydroxyl groups excluding tert-OH is 1. The number of rotatable bonds is 22. The zero-order chi connectivity index (χ0) is 45.2. The van der Waals surface area contributed by atoms with E-state index in [1.54, 1.807) is 7.11 Å². The van der Waals surface area contributed by atoms with E-state index in [0.717, 1.165) is 0 Å². The molecule has 0 saturated heterocycles. The Balaban J connectivity index is 3.03. The van der Waals surface area contributed by atoms with Crippen molar-refractivity contribution in [2.45, 2.75) is 162 Å². The summed E-state index contributed by atoms with van der Waals surface area (Å²) in [6.07, 6.45) is 3.39. The van der Waals surface area contributed by atoms with Gasteiger partial charge in [-0.15, -0.1) is 0 Å². The highest BCUT2D eigenvalue weighted by Crippen LogP contribution is 2.44. The number of ether oxygens (including phenoxy) is 3. The van der Waals surface area contributed by atoms with Crippen molar-refractivity contribution in [3.63, 3.8) is 0 Å². The third-order valence-electron chi connectivity index (χ3n) is 13.2. The van der Waals surface area contributed by atoms with Crippen molar-refractivity contribution in [3.8, 4) is 0 Å². The van der Waals surface area contributed by atoms with E-state index < -0.39 is 43.1 Å². The molecule has 0 aliphatic rings. The van der Waals surface area contributed by atoms with Gasteiger partial charge in [-0.2, -0.15) is 0 Å². The lowest BCUT2D eigenvalue weighted by atomic mass is 9.86. The first kappa shape index (κ1) is 53.2. The van der Waals surface area contributed by atoms with Crippen molar-refractivity contribution in [1.82, 2.24) is 0 Å². The van der Waals surface area contributed by atoms with Crippen LogP contribution in [0.1, 0.15) is 96.4 Å².